The molecule has 1 saturated heterocycles. The number of aromatic nitrogens is 1. The number of amides is 1. The SMILES string of the molecule is Cc1cccc(N2CCN(C(=O)c3cccc(S(=O)(=O)Nc4cc(C)on4)c3)CC2C)c1. The normalized spacial score (nSPS) is 16.8. The van der Waals surface area contributed by atoms with Gasteiger partial charge in [-0.05, 0) is 56.7 Å². The molecule has 2 aromatic carbocycles. The molecule has 0 spiro atoms. The lowest BCUT2D eigenvalue weighted by molar-refractivity contribution is 0.0726. The number of benzene rings is 2. The molecule has 0 saturated carbocycles. The Morgan fingerprint density at radius 2 is 1.88 bits per heavy atom. The van der Waals surface area contributed by atoms with Crippen LogP contribution in [-0.2, 0) is 10.0 Å². The summed E-state index contributed by atoms with van der Waals surface area (Å²) >= 11 is 0. The molecule has 168 valence electrons. The first-order chi connectivity index (χ1) is 15.2. The number of nitrogens with zero attached hydrogens (tertiary/aromatic N) is 3. The van der Waals surface area contributed by atoms with Crippen LogP contribution in [0.4, 0.5) is 11.5 Å². The number of sulfonamides is 1. The lowest BCUT2D eigenvalue weighted by atomic mass is 10.1. The molecule has 1 aliphatic rings. The molecule has 1 fully saturated rings. The van der Waals surface area contributed by atoms with E-state index < -0.39 is 10.0 Å². The van der Waals surface area contributed by atoms with Crippen LogP contribution in [-0.4, -0.2) is 50.1 Å². The van der Waals surface area contributed by atoms with Gasteiger partial charge in [-0.15, -0.1) is 0 Å². The van der Waals surface area contributed by atoms with Gasteiger partial charge in [0.1, 0.15) is 5.76 Å². The number of anilines is 2. The first-order valence-corrected chi connectivity index (χ1v) is 11.9. The summed E-state index contributed by atoms with van der Waals surface area (Å²) in [6.45, 7) is 7.65. The van der Waals surface area contributed by atoms with Gasteiger partial charge in [0.25, 0.3) is 15.9 Å². The molecule has 1 amide bonds. The van der Waals surface area contributed by atoms with Crippen LogP contribution in [0.15, 0.2) is 64.0 Å². The highest BCUT2D eigenvalue weighted by molar-refractivity contribution is 7.92. The van der Waals surface area contributed by atoms with Crippen molar-refractivity contribution in [3.8, 4) is 0 Å². The summed E-state index contributed by atoms with van der Waals surface area (Å²) in [4.78, 5) is 17.2. The van der Waals surface area contributed by atoms with Crippen molar-refractivity contribution >= 4 is 27.4 Å². The Hall–Kier alpha value is -3.33. The van der Waals surface area contributed by atoms with Gasteiger partial charge in [0.15, 0.2) is 5.82 Å². The number of nitrogens with one attached hydrogen (secondary N) is 1. The van der Waals surface area contributed by atoms with Crippen molar-refractivity contribution in [2.45, 2.75) is 31.7 Å². The molecule has 0 bridgehead atoms. The van der Waals surface area contributed by atoms with Gasteiger partial charge < -0.3 is 14.3 Å². The summed E-state index contributed by atoms with van der Waals surface area (Å²) in [6, 6.07) is 16.0. The summed E-state index contributed by atoms with van der Waals surface area (Å²) in [5, 5.41) is 3.66. The predicted octanol–water partition coefficient (Wildman–Crippen LogP) is 3.44. The second-order valence-electron chi connectivity index (χ2n) is 8.09. The first-order valence-electron chi connectivity index (χ1n) is 10.4. The molecule has 1 aromatic heterocycles. The Kier molecular flexibility index (Phi) is 5.92. The standard InChI is InChI=1S/C23H26N4O4S/c1-16-6-4-8-20(12-16)27-11-10-26(15-17(27)2)23(28)19-7-5-9-21(14-19)32(29,30)25-22-13-18(3)31-24-22/h4-9,12-14,17H,10-11,15H2,1-3H3,(H,24,25). The van der Waals surface area contributed by atoms with E-state index in [4.69, 9.17) is 4.52 Å². The van der Waals surface area contributed by atoms with Gasteiger partial charge in [-0.2, -0.15) is 0 Å². The van der Waals surface area contributed by atoms with Crippen molar-refractivity contribution in [3.05, 3.63) is 71.5 Å². The molecule has 0 radical (unpaired) electrons. The molecule has 4 rings (SSSR count). The smallest absolute Gasteiger partial charge is 0.263 e. The molecule has 1 atom stereocenters. The van der Waals surface area contributed by atoms with Gasteiger partial charge >= 0.3 is 0 Å². The average molecular weight is 455 g/mol. The molecule has 1 N–H and O–H groups in total. The van der Waals surface area contributed by atoms with Crippen LogP contribution in [0.25, 0.3) is 0 Å². The Morgan fingerprint density at radius 1 is 1.09 bits per heavy atom. The van der Waals surface area contributed by atoms with Crippen LogP contribution >= 0.6 is 0 Å². The van der Waals surface area contributed by atoms with Crippen molar-refractivity contribution < 1.29 is 17.7 Å². The largest absolute Gasteiger partial charge is 0.365 e. The molecule has 1 aliphatic heterocycles. The molecular formula is C23H26N4O4S. The topological polar surface area (TPSA) is 95.8 Å². The van der Waals surface area contributed by atoms with Gasteiger partial charge in [-0.25, -0.2) is 8.42 Å². The third kappa shape index (κ3) is 4.62. The first kappa shape index (κ1) is 21.9. The number of hydrogen-bond acceptors (Lipinski definition) is 6. The fraction of sp³-hybridized carbons (Fsp3) is 0.304. The molecule has 0 aliphatic carbocycles. The number of rotatable bonds is 5. The molecule has 1 unspecified atom stereocenters. The zero-order chi connectivity index (χ0) is 22.9. The Labute approximate surface area is 187 Å². The van der Waals surface area contributed by atoms with E-state index in [1.165, 1.54) is 23.8 Å². The van der Waals surface area contributed by atoms with E-state index in [0.717, 1.165) is 5.69 Å². The summed E-state index contributed by atoms with van der Waals surface area (Å²) in [5.74, 6) is 0.404. The minimum atomic E-state index is -3.90. The summed E-state index contributed by atoms with van der Waals surface area (Å²) in [7, 11) is -3.90. The maximum absolute atomic E-state index is 13.1. The highest BCUT2D eigenvalue weighted by Crippen LogP contribution is 2.23. The van der Waals surface area contributed by atoms with Gasteiger partial charge in [-0.1, -0.05) is 23.4 Å². The van der Waals surface area contributed by atoms with Crippen LogP contribution in [0.1, 0.15) is 28.6 Å². The van der Waals surface area contributed by atoms with Gasteiger partial charge in [0.05, 0.1) is 4.90 Å². The Bertz CT molecular complexity index is 1240. The van der Waals surface area contributed by atoms with E-state index in [2.05, 4.69) is 46.8 Å². The molecular weight excluding hydrogens is 428 g/mol. The zero-order valence-electron chi connectivity index (χ0n) is 18.3. The van der Waals surface area contributed by atoms with Crippen molar-refractivity contribution in [1.29, 1.82) is 0 Å². The second kappa shape index (κ2) is 8.66. The Morgan fingerprint density at radius 3 is 2.56 bits per heavy atom. The lowest BCUT2D eigenvalue weighted by Crippen LogP contribution is -2.53. The highest BCUT2D eigenvalue weighted by atomic mass is 32.2. The summed E-state index contributed by atoms with van der Waals surface area (Å²) < 4.78 is 32.7. The van der Waals surface area contributed by atoms with Gasteiger partial charge in [0, 0.05) is 43.0 Å². The highest BCUT2D eigenvalue weighted by Gasteiger charge is 2.28. The quantitative estimate of drug-likeness (QED) is 0.635. The number of piperazine rings is 1. The van der Waals surface area contributed by atoms with Crippen LogP contribution in [0.5, 0.6) is 0 Å². The van der Waals surface area contributed by atoms with E-state index in [9.17, 15) is 13.2 Å². The molecule has 2 heterocycles. The maximum Gasteiger partial charge on any atom is 0.263 e. The summed E-state index contributed by atoms with van der Waals surface area (Å²) in [5.41, 5.74) is 2.67. The lowest BCUT2D eigenvalue weighted by Gasteiger charge is -2.41. The number of hydrogen-bond donors (Lipinski definition) is 1. The van der Waals surface area contributed by atoms with Crippen LogP contribution in [0, 0.1) is 13.8 Å². The minimum Gasteiger partial charge on any atom is -0.365 e. The number of carbonyl (C=O) groups is 1. The minimum absolute atomic E-state index is 0.00421. The third-order valence-electron chi connectivity index (χ3n) is 5.51. The van der Waals surface area contributed by atoms with Gasteiger partial charge in [-0.3, -0.25) is 9.52 Å². The van der Waals surface area contributed by atoms with Crippen molar-refractivity contribution in [3.63, 3.8) is 0 Å². The van der Waals surface area contributed by atoms with E-state index in [-0.39, 0.29) is 22.7 Å². The predicted molar refractivity (Wildman–Crippen MR) is 122 cm³/mol. The molecule has 32 heavy (non-hydrogen) atoms. The summed E-state index contributed by atoms with van der Waals surface area (Å²) in [6.07, 6.45) is 0. The van der Waals surface area contributed by atoms with Crippen molar-refractivity contribution in [2.24, 2.45) is 0 Å². The molecule has 8 nitrogen and oxygen atoms in total. The van der Waals surface area contributed by atoms with Gasteiger partial charge in [0.2, 0.25) is 0 Å². The van der Waals surface area contributed by atoms with Crippen LogP contribution in [0.3, 0.4) is 0 Å². The average Bonchev–Trinajstić information content (AvgIpc) is 3.17. The Balaban J connectivity index is 1.48. The fourth-order valence-electron chi connectivity index (χ4n) is 3.92. The molecule has 3 aromatic rings. The van der Waals surface area contributed by atoms with Crippen molar-refractivity contribution in [2.75, 3.05) is 29.3 Å². The maximum atomic E-state index is 13.1. The monoisotopic (exact) mass is 454 g/mol. The third-order valence-corrected chi connectivity index (χ3v) is 6.86. The van der Waals surface area contributed by atoms with Crippen LogP contribution in [0.2, 0.25) is 0 Å². The van der Waals surface area contributed by atoms with E-state index in [1.54, 1.807) is 24.0 Å². The fourth-order valence-corrected chi connectivity index (χ4v) is 4.95. The van der Waals surface area contributed by atoms with Crippen LogP contribution < -0.4 is 9.62 Å². The number of aryl methyl sites for hydroxylation is 2. The van der Waals surface area contributed by atoms with E-state index in [1.807, 2.05) is 6.07 Å². The van der Waals surface area contributed by atoms with E-state index >= 15 is 0 Å². The van der Waals surface area contributed by atoms with Crippen molar-refractivity contribution in [1.82, 2.24) is 10.1 Å². The molecule has 9 heteroatoms. The zero-order valence-corrected chi connectivity index (χ0v) is 19.1. The van der Waals surface area contributed by atoms with E-state index in [0.29, 0.717) is 31.0 Å². The number of carbonyl (C=O) groups excluding carboxylic acids is 1. The second-order valence-corrected chi connectivity index (χ2v) is 9.77.